The van der Waals surface area contributed by atoms with Crippen LogP contribution in [0.2, 0.25) is 0 Å². The number of ether oxygens (including phenoxy) is 1. The van der Waals surface area contributed by atoms with E-state index >= 15 is 0 Å². The predicted molar refractivity (Wildman–Crippen MR) is 69.0 cm³/mol. The third-order valence-corrected chi connectivity index (χ3v) is 3.82. The Morgan fingerprint density at radius 2 is 2.05 bits per heavy atom. The summed E-state index contributed by atoms with van der Waals surface area (Å²) in [6.07, 6.45) is -0.0779. The summed E-state index contributed by atoms with van der Waals surface area (Å²) in [7, 11) is 0. The van der Waals surface area contributed by atoms with Crippen molar-refractivity contribution in [1.82, 2.24) is 10.3 Å². The number of nitrogens with zero attached hydrogens (tertiary/aromatic N) is 1. The van der Waals surface area contributed by atoms with Gasteiger partial charge in [0.15, 0.2) is 0 Å². The summed E-state index contributed by atoms with van der Waals surface area (Å²) in [4.78, 5) is 4.41. The van der Waals surface area contributed by atoms with E-state index in [1.165, 1.54) is 23.5 Å². The van der Waals surface area contributed by atoms with Gasteiger partial charge in [-0.2, -0.15) is 0 Å². The van der Waals surface area contributed by atoms with Gasteiger partial charge < -0.3 is 10.1 Å². The number of rotatable bonds is 2. The zero-order valence-corrected chi connectivity index (χ0v) is 10.8. The van der Waals surface area contributed by atoms with Gasteiger partial charge in [0.25, 0.3) is 0 Å². The normalized spacial score (nSPS) is 19.6. The number of thiazole rings is 1. The lowest BCUT2D eigenvalue weighted by Gasteiger charge is -2.21. The Labute approximate surface area is 113 Å². The molecular formula is C13H12F2N2OS. The molecule has 0 saturated carbocycles. The van der Waals surface area contributed by atoms with Gasteiger partial charge in [0.1, 0.15) is 22.7 Å². The fourth-order valence-electron chi connectivity index (χ4n) is 1.99. The van der Waals surface area contributed by atoms with Gasteiger partial charge >= 0.3 is 0 Å². The first-order chi connectivity index (χ1) is 9.22. The molecule has 1 aromatic heterocycles. The molecule has 0 aliphatic carbocycles. The summed E-state index contributed by atoms with van der Waals surface area (Å²) in [5.74, 6) is -1.19. The molecule has 1 unspecified atom stereocenters. The van der Waals surface area contributed by atoms with Crippen LogP contribution < -0.4 is 5.32 Å². The smallest absolute Gasteiger partial charge is 0.126 e. The Bertz CT molecular complexity index is 562. The summed E-state index contributed by atoms with van der Waals surface area (Å²) in [6.45, 7) is 2.20. The van der Waals surface area contributed by atoms with E-state index in [4.69, 9.17) is 4.74 Å². The molecule has 1 aliphatic heterocycles. The predicted octanol–water partition coefficient (Wildman–Crippen LogP) is 2.75. The fourth-order valence-corrected chi connectivity index (χ4v) is 2.87. The fraction of sp³-hybridized carbons (Fsp3) is 0.308. The number of hydrogen-bond donors (Lipinski definition) is 1. The lowest BCUT2D eigenvalue weighted by Crippen LogP contribution is -2.33. The van der Waals surface area contributed by atoms with Crippen molar-refractivity contribution in [1.29, 1.82) is 0 Å². The standard InChI is InChI=1S/C13H12F2N2OS/c14-9-3-8(4-10(15)5-9)11-7-19-13(17-11)12-6-16-1-2-18-12/h3-5,7,12,16H,1-2,6H2. The average molecular weight is 282 g/mol. The summed E-state index contributed by atoms with van der Waals surface area (Å²) >= 11 is 1.44. The quantitative estimate of drug-likeness (QED) is 0.919. The molecule has 3 rings (SSSR count). The maximum atomic E-state index is 13.2. The number of aromatic nitrogens is 1. The van der Waals surface area contributed by atoms with E-state index in [-0.39, 0.29) is 6.10 Å². The van der Waals surface area contributed by atoms with Crippen molar-refractivity contribution in [3.63, 3.8) is 0 Å². The van der Waals surface area contributed by atoms with E-state index in [2.05, 4.69) is 10.3 Å². The highest BCUT2D eigenvalue weighted by Gasteiger charge is 2.19. The van der Waals surface area contributed by atoms with Crippen LogP contribution in [-0.2, 0) is 4.74 Å². The van der Waals surface area contributed by atoms with Gasteiger partial charge in [-0.05, 0) is 12.1 Å². The lowest BCUT2D eigenvalue weighted by molar-refractivity contribution is 0.0276. The Balaban J connectivity index is 1.87. The summed E-state index contributed by atoms with van der Waals surface area (Å²) in [6, 6.07) is 3.41. The number of hydrogen-bond acceptors (Lipinski definition) is 4. The van der Waals surface area contributed by atoms with Crippen LogP contribution in [0.25, 0.3) is 11.3 Å². The molecule has 1 saturated heterocycles. The Kier molecular flexibility index (Phi) is 3.54. The van der Waals surface area contributed by atoms with Crippen molar-refractivity contribution >= 4 is 11.3 Å². The largest absolute Gasteiger partial charge is 0.368 e. The van der Waals surface area contributed by atoms with Gasteiger partial charge in [-0.1, -0.05) is 0 Å². The average Bonchev–Trinajstić information content (AvgIpc) is 2.88. The molecule has 1 atom stereocenters. The van der Waals surface area contributed by atoms with Crippen molar-refractivity contribution in [2.24, 2.45) is 0 Å². The second-order valence-corrected chi connectivity index (χ2v) is 5.18. The van der Waals surface area contributed by atoms with E-state index in [9.17, 15) is 8.78 Å². The van der Waals surface area contributed by atoms with Crippen LogP contribution in [0, 0.1) is 11.6 Å². The molecule has 2 heterocycles. The third-order valence-electron chi connectivity index (χ3n) is 2.88. The highest BCUT2D eigenvalue weighted by molar-refractivity contribution is 7.10. The van der Waals surface area contributed by atoms with Gasteiger partial charge in [-0.3, -0.25) is 0 Å². The maximum absolute atomic E-state index is 13.2. The van der Waals surface area contributed by atoms with Crippen LogP contribution in [0.3, 0.4) is 0 Å². The minimum absolute atomic E-state index is 0.0779. The lowest BCUT2D eigenvalue weighted by atomic mass is 10.1. The highest BCUT2D eigenvalue weighted by Crippen LogP contribution is 2.28. The van der Waals surface area contributed by atoms with Crippen LogP contribution >= 0.6 is 11.3 Å². The van der Waals surface area contributed by atoms with Crippen molar-refractivity contribution in [3.05, 3.63) is 40.2 Å². The van der Waals surface area contributed by atoms with Crippen LogP contribution in [0.1, 0.15) is 11.1 Å². The van der Waals surface area contributed by atoms with Gasteiger partial charge in [-0.25, -0.2) is 13.8 Å². The van der Waals surface area contributed by atoms with E-state index in [0.717, 1.165) is 17.6 Å². The van der Waals surface area contributed by atoms with Crippen LogP contribution in [0.15, 0.2) is 23.6 Å². The first-order valence-corrected chi connectivity index (χ1v) is 6.84. The van der Waals surface area contributed by atoms with E-state index in [1.54, 1.807) is 5.38 Å². The van der Waals surface area contributed by atoms with Gasteiger partial charge in [0, 0.05) is 30.1 Å². The molecule has 0 bridgehead atoms. The number of benzene rings is 1. The van der Waals surface area contributed by atoms with Crippen LogP contribution in [0.5, 0.6) is 0 Å². The summed E-state index contributed by atoms with van der Waals surface area (Å²) in [5, 5.41) is 5.84. The van der Waals surface area contributed by atoms with Gasteiger partial charge in [0.05, 0.1) is 12.3 Å². The second kappa shape index (κ2) is 5.32. The molecule has 1 aromatic carbocycles. The van der Waals surface area contributed by atoms with Gasteiger partial charge in [0.2, 0.25) is 0 Å². The van der Waals surface area contributed by atoms with Crippen molar-refractivity contribution in [2.45, 2.75) is 6.10 Å². The number of halogens is 2. The molecule has 1 fully saturated rings. The minimum atomic E-state index is -0.597. The zero-order chi connectivity index (χ0) is 13.2. The monoisotopic (exact) mass is 282 g/mol. The molecule has 0 spiro atoms. The summed E-state index contributed by atoms with van der Waals surface area (Å²) in [5.41, 5.74) is 1.02. The second-order valence-electron chi connectivity index (χ2n) is 4.29. The molecule has 3 nitrogen and oxygen atoms in total. The Hall–Kier alpha value is -1.37. The molecule has 2 aromatic rings. The maximum Gasteiger partial charge on any atom is 0.126 e. The van der Waals surface area contributed by atoms with Crippen molar-refractivity contribution in [3.8, 4) is 11.3 Å². The van der Waals surface area contributed by atoms with Gasteiger partial charge in [-0.15, -0.1) is 11.3 Å². The first kappa shape index (κ1) is 12.7. The third kappa shape index (κ3) is 2.80. The van der Waals surface area contributed by atoms with E-state index in [1.807, 2.05) is 0 Å². The SMILES string of the molecule is Fc1cc(F)cc(-c2csc(C3CNCCO3)n2)c1. The number of nitrogens with one attached hydrogen (secondary N) is 1. The molecule has 19 heavy (non-hydrogen) atoms. The van der Waals surface area contributed by atoms with Crippen molar-refractivity contribution in [2.75, 3.05) is 19.7 Å². The highest BCUT2D eigenvalue weighted by atomic mass is 32.1. The molecule has 1 N–H and O–H groups in total. The first-order valence-electron chi connectivity index (χ1n) is 5.96. The molecule has 100 valence electrons. The Morgan fingerprint density at radius 1 is 1.26 bits per heavy atom. The number of morpholine rings is 1. The van der Waals surface area contributed by atoms with Crippen LogP contribution in [0.4, 0.5) is 8.78 Å². The molecular weight excluding hydrogens is 270 g/mol. The van der Waals surface area contributed by atoms with Crippen LogP contribution in [-0.4, -0.2) is 24.7 Å². The topological polar surface area (TPSA) is 34.1 Å². The van der Waals surface area contributed by atoms with E-state index < -0.39 is 11.6 Å². The van der Waals surface area contributed by atoms with Crippen molar-refractivity contribution < 1.29 is 13.5 Å². The Morgan fingerprint density at radius 3 is 2.74 bits per heavy atom. The zero-order valence-electron chi connectivity index (χ0n) is 10.0. The summed E-state index contributed by atoms with van der Waals surface area (Å²) < 4.78 is 31.9. The molecule has 0 amide bonds. The molecule has 6 heteroatoms. The van der Waals surface area contributed by atoms with E-state index in [0.29, 0.717) is 24.4 Å². The molecule has 1 aliphatic rings. The molecule has 0 radical (unpaired) electrons. The minimum Gasteiger partial charge on any atom is -0.368 e.